The summed E-state index contributed by atoms with van der Waals surface area (Å²) in [5.74, 6) is -0.838. The Bertz CT molecular complexity index is 350. The first-order valence-corrected chi connectivity index (χ1v) is 5.49. The summed E-state index contributed by atoms with van der Waals surface area (Å²) in [5, 5.41) is 9.22. The zero-order valence-corrected chi connectivity index (χ0v) is 10.1. The molecule has 1 atom stereocenters. The molecule has 0 aliphatic heterocycles. The van der Waals surface area contributed by atoms with Gasteiger partial charge in [-0.3, -0.25) is 4.79 Å². The second kappa shape index (κ2) is 4.77. The van der Waals surface area contributed by atoms with Gasteiger partial charge in [0.25, 0.3) is 0 Å². The molecule has 1 aromatic rings. The van der Waals surface area contributed by atoms with Crippen LogP contribution < -0.4 is 5.73 Å². The summed E-state index contributed by atoms with van der Waals surface area (Å²) in [6.45, 7) is 2.06. The van der Waals surface area contributed by atoms with E-state index in [-0.39, 0.29) is 0 Å². The molecule has 0 aliphatic carbocycles. The van der Waals surface area contributed by atoms with E-state index in [4.69, 9.17) is 5.73 Å². The van der Waals surface area contributed by atoms with Crippen molar-refractivity contribution in [2.45, 2.75) is 18.8 Å². The van der Waals surface area contributed by atoms with Crippen LogP contribution in [0.25, 0.3) is 0 Å². The molecule has 0 radical (unpaired) electrons. The second-order valence-corrected chi connectivity index (χ2v) is 4.60. The zero-order valence-electron chi connectivity index (χ0n) is 8.53. The Kier molecular flexibility index (Phi) is 3.88. The van der Waals surface area contributed by atoms with E-state index in [1.165, 1.54) is 0 Å². The summed E-state index contributed by atoms with van der Waals surface area (Å²) in [6, 6.07) is 7.31. The number of nitrogens with two attached hydrogens (primary N) is 1. The molecule has 0 saturated heterocycles. The van der Waals surface area contributed by atoms with E-state index in [0.29, 0.717) is 13.0 Å². The third kappa shape index (κ3) is 2.58. The van der Waals surface area contributed by atoms with Crippen molar-refractivity contribution in [2.75, 3.05) is 6.54 Å². The van der Waals surface area contributed by atoms with Crippen LogP contribution in [0.3, 0.4) is 0 Å². The van der Waals surface area contributed by atoms with E-state index in [1.54, 1.807) is 6.92 Å². The van der Waals surface area contributed by atoms with Gasteiger partial charge in [-0.05, 0) is 37.6 Å². The third-order valence-corrected chi connectivity index (χ3v) is 3.13. The number of carbonyl (C=O) groups is 1. The van der Waals surface area contributed by atoms with Crippen LogP contribution in [0.15, 0.2) is 28.7 Å². The predicted molar refractivity (Wildman–Crippen MR) is 62.8 cm³/mol. The van der Waals surface area contributed by atoms with Crippen molar-refractivity contribution in [2.24, 2.45) is 5.73 Å². The number of rotatable bonds is 4. The quantitative estimate of drug-likeness (QED) is 0.882. The number of carboxylic acid groups (broad SMARTS) is 1. The van der Waals surface area contributed by atoms with E-state index >= 15 is 0 Å². The Balaban J connectivity index is 3.09. The molecule has 0 aliphatic rings. The van der Waals surface area contributed by atoms with Crippen LogP contribution in [0.1, 0.15) is 18.9 Å². The molecule has 1 unspecified atom stereocenters. The first-order valence-electron chi connectivity index (χ1n) is 4.70. The number of halogens is 1. The second-order valence-electron chi connectivity index (χ2n) is 3.68. The lowest BCUT2D eigenvalue weighted by Crippen LogP contribution is -2.34. The molecule has 0 saturated carbocycles. The van der Waals surface area contributed by atoms with Crippen molar-refractivity contribution in [3.63, 3.8) is 0 Å². The van der Waals surface area contributed by atoms with Gasteiger partial charge < -0.3 is 10.8 Å². The average molecular weight is 272 g/mol. The van der Waals surface area contributed by atoms with E-state index in [2.05, 4.69) is 15.9 Å². The highest BCUT2D eigenvalue weighted by Crippen LogP contribution is 2.28. The Morgan fingerprint density at radius 3 is 2.40 bits per heavy atom. The van der Waals surface area contributed by atoms with Crippen molar-refractivity contribution in [1.29, 1.82) is 0 Å². The number of aliphatic carboxylic acids is 1. The van der Waals surface area contributed by atoms with E-state index in [9.17, 15) is 9.90 Å². The monoisotopic (exact) mass is 271 g/mol. The number of hydrogen-bond acceptors (Lipinski definition) is 2. The number of hydrogen-bond donors (Lipinski definition) is 2. The summed E-state index contributed by atoms with van der Waals surface area (Å²) >= 11 is 3.32. The van der Waals surface area contributed by atoms with Gasteiger partial charge in [0, 0.05) is 4.47 Å². The smallest absolute Gasteiger partial charge is 0.313 e. The molecule has 1 rings (SSSR count). The maximum Gasteiger partial charge on any atom is 0.313 e. The Morgan fingerprint density at radius 1 is 1.47 bits per heavy atom. The Labute approximate surface area is 97.4 Å². The molecule has 82 valence electrons. The van der Waals surface area contributed by atoms with E-state index in [0.717, 1.165) is 10.0 Å². The van der Waals surface area contributed by atoms with Gasteiger partial charge in [-0.2, -0.15) is 0 Å². The van der Waals surface area contributed by atoms with Gasteiger partial charge in [-0.25, -0.2) is 0 Å². The normalized spacial score (nSPS) is 14.6. The predicted octanol–water partition coefficient (Wildman–Crippen LogP) is 2.14. The van der Waals surface area contributed by atoms with Crippen molar-refractivity contribution >= 4 is 21.9 Å². The lowest BCUT2D eigenvalue weighted by Gasteiger charge is -2.24. The molecule has 0 heterocycles. The van der Waals surface area contributed by atoms with Crippen LogP contribution in [0.5, 0.6) is 0 Å². The summed E-state index contributed by atoms with van der Waals surface area (Å²) in [5.41, 5.74) is 5.33. The Hall–Kier alpha value is -0.870. The molecule has 3 N–H and O–H groups in total. The molecule has 4 heteroatoms. The fraction of sp³-hybridized carbons (Fsp3) is 0.364. The van der Waals surface area contributed by atoms with Crippen LogP contribution in [0.4, 0.5) is 0 Å². The molecule has 0 fully saturated rings. The standard InChI is InChI=1S/C11H14BrNO2/c1-11(6-7-13,10(14)15)8-2-4-9(12)5-3-8/h2-5H,6-7,13H2,1H3,(H,14,15). The van der Waals surface area contributed by atoms with Gasteiger partial charge in [0.05, 0.1) is 5.41 Å². The summed E-state index contributed by atoms with van der Waals surface area (Å²) in [6.07, 6.45) is 0.434. The maximum absolute atomic E-state index is 11.2. The maximum atomic E-state index is 11.2. The van der Waals surface area contributed by atoms with Gasteiger partial charge >= 0.3 is 5.97 Å². The fourth-order valence-electron chi connectivity index (χ4n) is 1.48. The van der Waals surface area contributed by atoms with Crippen molar-refractivity contribution < 1.29 is 9.90 Å². The van der Waals surface area contributed by atoms with Gasteiger partial charge in [0.2, 0.25) is 0 Å². The zero-order chi connectivity index (χ0) is 11.5. The Morgan fingerprint density at radius 2 is 2.00 bits per heavy atom. The lowest BCUT2D eigenvalue weighted by molar-refractivity contribution is -0.143. The van der Waals surface area contributed by atoms with Gasteiger partial charge in [0.15, 0.2) is 0 Å². The molecule has 0 amide bonds. The third-order valence-electron chi connectivity index (χ3n) is 2.60. The number of benzene rings is 1. The SMILES string of the molecule is CC(CCN)(C(=O)O)c1ccc(Br)cc1. The van der Waals surface area contributed by atoms with E-state index < -0.39 is 11.4 Å². The molecule has 3 nitrogen and oxygen atoms in total. The first-order chi connectivity index (χ1) is 7.00. The van der Waals surface area contributed by atoms with Gasteiger partial charge in [-0.1, -0.05) is 28.1 Å². The van der Waals surface area contributed by atoms with Crippen LogP contribution in [0.2, 0.25) is 0 Å². The topological polar surface area (TPSA) is 63.3 Å². The summed E-state index contributed by atoms with van der Waals surface area (Å²) < 4.78 is 0.937. The van der Waals surface area contributed by atoms with Crippen LogP contribution in [-0.4, -0.2) is 17.6 Å². The van der Waals surface area contributed by atoms with Crippen molar-refractivity contribution in [3.8, 4) is 0 Å². The van der Waals surface area contributed by atoms with Crippen LogP contribution in [0, 0.1) is 0 Å². The van der Waals surface area contributed by atoms with Crippen molar-refractivity contribution in [3.05, 3.63) is 34.3 Å². The molecule has 15 heavy (non-hydrogen) atoms. The summed E-state index contributed by atoms with van der Waals surface area (Å²) in [4.78, 5) is 11.2. The molecular formula is C11H14BrNO2. The van der Waals surface area contributed by atoms with Crippen LogP contribution >= 0.6 is 15.9 Å². The molecular weight excluding hydrogens is 258 g/mol. The minimum atomic E-state index is -0.893. The minimum absolute atomic E-state index is 0.360. The molecule has 0 spiro atoms. The van der Waals surface area contributed by atoms with Gasteiger partial charge in [0.1, 0.15) is 0 Å². The van der Waals surface area contributed by atoms with Crippen molar-refractivity contribution in [1.82, 2.24) is 0 Å². The molecule has 0 bridgehead atoms. The fourth-order valence-corrected chi connectivity index (χ4v) is 1.75. The van der Waals surface area contributed by atoms with Crippen LogP contribution in [-0.2, 0) is 10.2 Å². The number of carboxylic acids is 1. The summed E-state index contributed by atoms with van der Waals surface area (Å²) in [7, 11) is 0. The first kappa shape index (κ1) is 12.2. The highest BCUT2D eigenvalue weighted by Gasteiger charge is 2.34. The average Bonchev–Trinajstić information content (AvgIpc) is 2.18. The molecule has 0 aromatic heterocycles. The highest BCUT2D eigenvalue weighted by atomic mass is 79.9. The van der Waals surface area contributed by atoms with E-state index in [1.807, 2.05) is 24.3 Å². The lowest BCUT2D eigenvalue weighted by atomic mass is 9.79. The highest BCUT2D eigenvalue weighted by molar-refractivity contribution is 9.10. The molecule has 1 aromatic carbocycles. The van der Waals surface area contributed by atoms with Gasteiger partial charge in [-0.15, -0.1) is 0 Å². The minimum Gasteiger partial charge on any atom is -0.481 e. The largest absolute Gasteiger partial charge is 0.481 e.